The van der Waals surface area contributed by atoms with E-state index in [-0.39, 0.29) is 6.09 Å². The zero-order valence-corrected chi connectivity index (χ0v) is 14.5. The third kappa shape index (κ3) is 4.62. The summed E-state index contributed by atoms with van der Waals surface area (Å²) in [5.74, 6) is 0.902. The van der Waals surface area contributed by atoms with Gasteiger partial charge in [0.1, 0.15) is 5.60 Å². The summed E-state index contributed by atoms with van der Waals surface area (Å²) < 4.78 is 13.6. The van der Waals surface area contributed by atoms with Gasteiger partial charge in [-0.25, -0.2) is 4.79 Å². The van der Waals surface area contributed by atoms with E-state index >= 15 is 0 Å². The van der Waals surface area contributed by atoms with E-state index in [0.717, 1.165) is 10.9 Å². The molecular formula is C14H22BrN3O3. The number of likely N-dealkylation sites (tertiary alicyclic amines) is 1. The molecule has 118 valence electrons. The van der Waals surface area contributed by atoms with Crippen molar-refractivity contribution in [3.63, 3.8) is 0 Å². The zero-order chi connectivity index (χ0) is 15.6. The van der Waals surface area contributed by atoms with Gasteiger partial charge in [-0.2, -0.15) is 0 Å². The maximum atomic E-state index is 12.0. The Morgan fingerprint density at radius 1 is 1.52 bits per heavy atom. The number of aryl methyl sites for hydroxylation is 1. The second-order valence-electron chi connectivity index (χ2n) is 6.35. The first-order valence-corrected chi connectivity index (χ1v) is 7.84. The SMILES string of the molecule is Cn1cc(Br)c(OCC2CCN(C(=O)OC(C)(C)C)C2)n1. The fraction of sp³-hybridized carbons (Fsp3) is 0.714. The lowest BCUT2D eigenvalue weighted by Crippen LogP contribution is -2.35. The van der Waals surface area contributed by atoms with Crippen molar-refractivity contribution in [3.8, 4) is 5.88 Å². The van der Waals surface area contributed by atoms with Crippen molar-refractivity contribution in [2.45, 2.75) is 32.8 Å². The third-order valence-electron chi connectivity index (χ3n) is 3.15. The normalized spacial score (nSPS) is 18.9. The Kier molecular flexibility index (Phi) is 4.81. The maximum Gasteiger partial charge on any atom is 0.410 e. The standard InChI is InChI=1S/C14H22BrN3O3/c1-14(2,3)21-13(19)18-6-5-10(7-18)9-20-12-11(15)8-17(4)16-12/h8,10H,5-7,9H2,1-4H3. The van der Waals surface area contributed by atoms with Gasteiger partial charge in [-0.1, -0.05) is 0 Å². The predicted octanol–water partition coefficient (Wildman–Crippen LogP) is 2.82. The van der Waals surface area contributed by atoms with Crippen molar-refractivity contribution >= 4 is 22.0 Å². The minimum absolute atomic E-state index is 0.246. The van der Waals surface area contributed by atoms with Gasteiger partial charge in [-0.15, -0.1) is 5.10 Å². The largest absolute Gasteiger partial charge is 0.475 e. The van der Waals surface area contributed by atoms with Crippen molar-refractivity contribution in [3.05, 3.63) is 10.7 Å². The van der Waals surface area contributed by atoms with Crippen molar-refractivity contribution in [2.24, 2.45) is 13.0 Å². The molecule has 1 aromatic heterocycles. The highest BCUT2D eigenvalue weighted by molar-refractivity contribution is 9.10. The van der Waals surface area contributed by atoms with Crippen LogP contribution in [0.15, 0.2) is 10.7 Å². The molecule has 21 heavy (non-hydrogen) atoms. The van der Waals surface area contributed by atoms with Crippen LogP contribution in [0, 0.1) is 5.92 Å². The van der Waals surface area contributed by atoms with Gasteiger partial charge in [-0.3, -0.25) is 4.68 Å². The lowest BCUT2D eigenvalue weighted by Gasteiger charge is -2.24. The highest BCUT2D eigenvalue weighted by atomic mass is 79.9. The van der Waals surface area contributed by atoms with Gasteiger partial charge in [0.25, 0.3) is 0 Å². The van der Waals surface area contributed by atoms with Gasteiger partial charge in [0.15, 0.2) is 0 Å². The monoisotopic (exact) mass is 359 g/mol. The smallest absolute Gasteiger partial charge is 0.410 e. The van der Waals surface area contributed by atoms with E-state index in [2.05, 4.69) is 21.0 Å². The minimum atomic E-state index is -0.454. The van der Waals surface area contributed by atoms with E-state index in [1.165, 1.54) is 0 Å². The molecule has 1 unspecified atom stereocenters. The Labute approximate surface area is 133 Å². The number of ether oxygens (including phenoxy) is 2. The summed E-state index contributed by atoms with van der Waals surface area (Å²) in [5.41, 5.74) is -0.454. The molecule has 1 fully saturated rings. The number of rotatable bonds is 3. The Morgan fingerprint density at radius 2 is 2.24 bits per heavy atom. The molecule has 1 aliphatic heterocycles. The number of hydrogen-bond donors (Lipinski definition) is 0. The van der Waals surface area contributed by atoms with Crippen LogP contribution in [0.4, 0.5) is 4.79 Å². The predicted molar refractivity (Wildman–Crippen MR) is 82.3 cm³/mol. The molecule has 2 rings (SSSR count). The summed E-state index contributed by atoms with van der Waals surface area (Å²) in [6.07, 6.45) is 2.52. The molecule has 0 N–H and O–H groups in total. The summed E-state index contributed by atoms with van der Waals surface area (Å²) in [5, 5.41) is 4.22. The van der Waals surface area contributed by atoms with Gasteiger partial charge in [0, 0.05) is 32.3 Å². The Hall–Kier alpha value is -1.24. The maximum absolute atomic E-state index is 12.0. The highest BCUT2D eigenvalue weighted by Gasteiger charge is 2.30. The van der Waals surface area contributed by atoms with Crippen LogP contribution in [0.3, 0.4) is 0 Å². The number of amides is 1. The van der Waals surface area contributed by atoms with Crippen LogP contribution in [0.25, 0.3) is 0 Å². The van der Waals surface area contributed by atoms with Crippen LogP contribution in [0.1, 0.15) is 27.2 Å². The van der Waals surface area contributed by atoms with Crippen molar-refractivity contribution in [2.75, 3.05) is 19.7 Å². The van der Waals surface area contributed by atoms with Crippen molar-refractivity contribution in [1.29, 1.82) is 0 Å². The van der Waals surface area contributed by atoms with Crippen LogP contribution >= 0.6 is 15.9 Å². The first kappa shape index (κ1) is 16.1. The summed E-state index contributed by atoms with van der Waals surface area (Å²) in [4.78, 5) is 13.7. The van der Waals surface area contributed by atoms with E-state index < -0.39 is 5.60 Å². The summed E-state index contributed by atoms with van der Waals surface area (Å²) >= 11 is 3.40. The van der Waals surface area contributed by atoms with E-state index in [0.29, 0.717) is 31.5 Å². The van der Waals surface area contributed by atoms with Gasteiger partial charge in [0.05, 0.1) is 11.1 Å². The quantitative estimate of drug-likeness (QED) is 0.832. The average Bonchev–Trinajstić information content (AvgIpc) is 2.91. The van der Waals surface area contributed by atoms with E-state index in [1.807, 2.05) is 34.0 Å². The summed E-state index contributed by atoms with van der Waals surface area (Å²) in [6, 6.07) is 0. The molecule has 6 nitrogen and oxygen atoms in total. The van der Waals surface area contributed by atoms with E-state index in [9.17, 15) is 4.79 Å². The van der Waals surface area contributed by atoms with Gasteiger partial charge >= 0.3 is 6.09 Å². The molecule has 0 radical (unpaired) electrons. The number of carbonyl (C=O) groups is 1. The fourth-order valence-corrected chi connectivity index (χ4v) is 2.68. The fourth-order valence-electron chi connectivity index (χ4n) is 2.19. The van der Waals surface area contributed by atoms with Crippen LogP contribution in [0.5, 0.6) is 5.88 Å². The van der Waals surface area contributed by atoms with Crippen LogP contribution in [0.2, 0.25) is 0 Å². The molecule has 1 aromatic rings. The first-order valence-electron chi connectivity index (χ1n) is 7.04. The Bertz CT molecular complexity index is 510. The lowest BCUT2D eigenvalue weighted by molar-refractivity contribution is 0.0284. The Morgan fingerprint density at radius 3 is 2.81 bits per heavy atom. The second kappa shape index (κ2) is 6.25. The molecule has 0 aromatic carbocycles. The Balaban J connectivity index is 1.80. The molecular weight excluding hydrogens is 338 g/mol. The second-order valence-corrected chi connectivity index (χ2v) is 7.20. The van der Waals surface area contributed by atoms with Crippen molar-refractivity contribution in [1.82, 2.24) is 14.7 Å². The topological polar surface area (TPSA) is 56.6 Å². The molecule has 0 spiro atoms. The zero-order valence-electron chi connectivity index (χ0n) is 12.9. The van der Waals surface area contributed by atoms with Gasteiger partial charge < -0.3 is 14.4 Å². The minimum Gasteiger partial charge on any atom is -0.475 e. The van der Waals surface area contributed by atoms with Gasteiger partial charge in [-0.05, 0) is 43.1 Å². The summed E-state index contributed by atoms with van der Waals surface area (Å²) in [6.45, 7) is 7.56. The molecule has 0 aliphatic carbocycles. The molecule has 1 atom stereocenters. The molecule has 7 heteroatoms. The number of carbonyl (C=O) groups excluding carboxylic acids is 1. The number of halogens is 1. The number of hydrogen-bond acceptors (Lipinski definition) is 4. The number of nitrogens with zero attached hydrogens (tertiary/aromatic N) is 3. The molecule has 1 aliphatic rings. The average molecular weight is 360 g/mol. The molecule has 0 saturated carbocycles. The van der Waals surface area contributed by atoms with Crippen LogP contribution in [-0.4, -0.2) is 46.1 Å². The lowest BCUT2D eigenvalue weighted by atomic mass is 10.1. The molecule has 0 bridgehead atoms. The van der Waals surface area contributed by atoms with Crippen LogP contribution in [-0.2, 0) is 11.8 Å². The van der Waals surface area contributed by atoms with Crippen LogP contribution < -0.4 is 4.74 Å². The third-order valence-corrected chi connectivity index (χ3v) is 3.69. The van der Waals surface area contributed by atoms with E-state index in [1.54, 1.807) is 9.58 Å². The number of aromatic nitrogens is 2. The first-order chi connectivity index (χ1) is 9.74. The summed E-state index contributed by atoms with van der Waals surface area (Å²) in [7, 11) is 1.84. The molecule has 1 saturated heterocycles. The van der Waals surface area contributed by atoms with Gasteiger partial charge in [0.2, 0.25) is 5.88 Å². The molecule has 1 amide bonds. The van der Waals surface area contributed by atoms with E-state index in [4.69, 9.17) is 9.47 Å². The van der Waals surface area contributed by atoms with Crippen molar-refractivity contribution < 1.29 is 14.3 Å². The molecule has 2 heterocycles. The highest BCUT2D eigenvalue weighted by Crippen LogP contribution is 2.24.